The van der Waals surface area contributed by atoms with Gasteiger partial charge in [-0.3, -0.25) is 0 Å². The molecule has 1 N–H and O–H groups in total. The van der Waals surface area contributed by atoms with Crippen LogP contribution in [-0.4, -0.2) is 13.0 Å². The van der Waals surface area contributed by atoms with E-state index in [4.69, 9.17) is 13.0 Å². The summed E-state index contributed by atoms with van der Waals surface area (Å²) in [4.78, 5) is 0. The van der Waals surface area contributed by atoms with Crippen LogP contribution < -0.4 is 5.46 Å². The van der Waals surface area contributed by atoms with Crippen LogP contribution in [0.15, 0.2) is 12.1 Å². The van der Waals surface area contributed by atoms with Crippen LogP contribution in [0.5, 0.6) is 5.75 Å². The maximum atomic E-state index is 12.6. The molecule has 0 aromatic heterocycles. The molecule has 3 heteroatoms. The Morgan fingerprint density at radius 3 is 2.60 bits per heavy atom. The van der Waals surface area contributed by atoms with E-state index in [-0.39, 0.29) is 0 Å². The van der Waals surface area contributed by atoms with Gasteiger partial charge in [-0.15, -0.1) is 0 Å². The lowest BCUT2D eigenvalue weighted by Gasteiger charge is -2.00. The molecule has 0 bridgehead atoms. The van der Waals surface area contributed by atoms with Gasteiger partial charge in [0.15, 0.2) is 11.6 Å². The van der Waals surface area contributed by atoms with Gasteiger partial charge in [0.05, 0.1) is 0 Å². The predicted molar refractivity (Wildman–Crippen MR) is 38.2 cm³/mol. The zero-order valence-corrected chi connectivity index (χ0v) is 5.56. The first-order valence-corrected chi connectivity index (χ1v) is 2.86. The fourth-order valence-electron chi connectivity index (χ4n) is 0.778. The highest BCUT2D eigenvalue weighted by Gasteiger charge is 2.02. The molecule has 0 saturated carbocycles. The van der Waals surface area contributed by atoms with Gasteiger partial charge in [-0.25, -0.2) is 4.39 Å². The summed E-state index contributed by atoms with van der Waals surface area (Å²) < 4.78 is 12.6. The van der Waals surface area contributed by atoms with E-state index in [1.165, 1.54) is 12.1 Å². The lowest BCUT2D eigenvalue weighted by molar-refractivity contribution is 0.431. The molecular weight excluding hydrogens is 130 g/mol. The maximum Gasteiger partial charge on any atom is 0.167 e. The van der Waals surface area contributed by atoms with E-state index in [0.29, 0.717) is 11.0 Å². The number of phenols is 1. The van der Waals surface area contributed by atoms with Gasteiger partial charge in [0.2, 0.25) is 0 Å². The van der Waals surface area contributed by atoms with Crippen molar-refractivity contribution in [2.24, 2.45) is 0 Å². The number of phenolic OH excluding ortho intramolecular Hbond substituents is 1. The van der Waals surface area contributed by atoms with Crippen molar-refractivity contribution < 1.29 is 9.50 Å². The number of rotatable bonds is 0. The minimum absolute atomic E-state index is 0.359. The van der Waals surface area contributed by atoms with Crippen molar-refractivity contribution in [3.05, 3.63) is 23.5 Å². The third-order valence-corrected chi connectivity index (χ3v) is 1.26. The van der Waals surface area contributed by atoms with Gasteiger partial charge in [-0.2, -0.15) is 0 Å². The molecule has 0 unspecified atom stereocenters. The van der Waals surface area contributed by atoms with E-state index in [1.807, 2.05) is 0 Å². The van der Waals surface area contributed by atoms with Crippen molar-refractivity contribution in [1.29, 1.82) is 0 Å². The molecular formula is C7H6BFO. The number of hydrogen-bond acceptors (Lipinski definition) is 1. The summed E-state index contributed by atoms with van der Waals surface area (Å²) in [5.41, 5.74) is 0.730. The summed E-state index contributed by atoms with van der Waals surface area (Å²) in [5.74, 6) is -0.994. The van der Waals surface area contributed by atoms with E-state index >= 15 is 0 Å². The van der Waals surface area contributed by atoms with E-state index in [0.717, 1.165) is 0 Å². The zero-order chi connectivity index (χ0) is 7.72. The van der Waals surface area contributed by atoms with Crippen molar-refractivity contribution >= 4 is 13.3 Å². The highest BCUT2D eigenvalue weighted by molar-refractivity contribution is 6.32. The standard InChI is InChI=1S/C7H6BFO/c1-4-2-5(8)3-6(10)7(4)9/h2-3,10H,1H3. The van der Waals surface area contributed by atoms with Gasteiger partial charge in [0.1, 0.15) is 7.85 Å². The Hall–Kier alpha value is -0.985. The number of hydrogen-bond donors (Lipinski definition) is 1. The Kier molecular flexibility index (Phi) is 1.66. The second-order valence-corrected chi connectivity index (χ2v) is 2.17. The molecule has 1 rings (SSSR count). The molecule has 0 amide bonds. The summed E-state index contributed by atoms with van der Waals surface area (Å²) in [6, 6.07) is 2.65. The van der Waals surface area contributed by atoms with Gasteiger partial charge in [-0.1, -0.05) is 11.5 Å². The highest BCUT2D eigenvalue weighted by atomic mass is 19.1. The molecule has 1 aromatic rings. The van der Waals surface area contributed by atoms with Crippen LogP contribution in [0.2, 0.25) is 0 Å². The first kappa shape index (κ1) is 7.13. The summed E-state index contributed by atoms with van der Waals surface area (Å²) in [5, 5.41) is 8.83. The Morgan fingerprint density at radius 1 is 1.50 bits per heavy atom. The molecule has 1 aromatic carbocycles. The van der Waals surface area contributed by atoms with Gasteiger partial charge in [0.25, 0.3) is 0 Å². The third kappa shape index (κ3) is 1.13. The number of benzene rings is 1. The lowest BCUT2D eigenvalue weighted by atomic mass is 9.94. The second-order valence-electron chi connectivity index (χ2n) is 2.17. The molecule has 0 heterocycles. The quantitative estimate of drug-likeness (QED) is 0.518. The molecule has 0 atom stereocenters. The fraction of sp³-hybridized carbons (Fsp3) is 0.143. The number of aromatic hydroxyl groups is 1. The minimum atomic E-state index is -0.603. The average molecular weight is 136 g/mol. The third-order valence-electron chi connectivity index (χ3n) is 1.26. The summed E-state index contributed by atoms with van der Waals surface area (Å²) in [6.07, 6.45) is 0. The number of halogens is 1. The van der Waals surface area contributed by atoms with Crippen molar-refractivity contribution in [3.63, 3.8) is 0 Å². The Bertz CT molecular complexity index is 237. The SMILES string of the molecule is [B]c1cc(C)c(F)c(O)c1. The van der Waals surface area contributed by atoms with Crippen LogP contribution in [0.3, 0.4) is 0 Å². The normalized spacial score (nSPS) is 9.80. The molecule has 0 saturated heterocycles. The Balaban J connectivity index is 3.31. The lowest BCUT2D eigenvalue weighted by Crippen LogP contribution is -2.03. The van der Waals surface area contributed by atoms with E-state index < -0.39 is 11.6 Å². The molecule has 1 nitrogen and oxygen atoms in total. The first-order chi connectivity index (χ1) is 4.61. The zero-order valence-electron chi connectivity index (χ0n) is 5.56. The Labute approximate surface area is 59.9 Å². The first-order valence-electron chi connectivity index (χ1n) is 2.86. The molecule has 0 spiro atoms. The predicted octanol–water partition coefficient (Wildman–Crippen LogP) is 0.634. The van der Waals surface area contributed by atoms with Gasteiger partial charge in [-0.05, 0) is 18.6 Å². The second kappa shape index (κ2) is 2.33. The molecule has 0 fully saturated rings. The smallest absolute Gasteiger partial charge is 0.167 e. The van der Waals surface area contributed by atoms with Gasteiger partial charge >= 0.3 is 0 Å². The van der Waals surface area contributed by atoms with Crippen LogP contribution in [0.1, 0.15) is 5.56 Å². The van der Waals surface area contributed by atoms with Crippen LogP contribution in [0, 0.1) is 12.7 Å². The molecule has 0 aliphatic carbocycles. The monoisotopic (exact) mass is 136 g/mol. The molecule has 0 aliphatic rings. The molecule has 10 heavy (non-hydrogen) atoms. The van der Waals surface area contributed by atoms with Crippen LogP contribution >= 0.6 is 0 Å². The van der Waals surface area contributed by atoms with Crippen molar-refractivity contribution in [2.45, 2.75) is 6.92 Å². The van der Waals surface area contributed by atoms with E-state index in [1.54, 1.807) is 6.92 Å². The Morgan fingerprint density at radius 2 is 2.10 bits per heavy atom. The van der Waals surface area contributed by atoms with E-state index in [2.05, 4.69) is 0 Å². The van der Waals surface area contributed by atoms with Crippen molar-refractivity contribution in [1.82, 2.24) is 0 Å². The minimum Gasteiger partial charge on any atom is -0.505 e. The average Bonchev–Trinajstić information content (AvgIpc) is 1.82. The van der Waals surface area contributed by atoms with Crippen molar-refractivity contribution in [2.75, 3.05) is 0 Å². The van der Waals surface area contributed by atoms with E-state index in [9.17, 15) is 4.39 Å². The topological polar surface area (TPSA) is 20.2 Å². The van der Waals surface area contributed by atoms with Gasteiger partial charge < -0.3 is 5.11 Å². The summed E-state index contributed by atoms with van der Waals surface area (Å²) in [6.45, 7) is 1.55. The van der Waals surface area contributed by atoms with Crippen LogP contribution in [0.4, 0.5) is 4.39 Å². The summed E-state index contributed by atoms with van der Waals surface area (Å²) in [7, 11) is 5.30. The maximum absolute atomic E-state index is 12.6. The highest BCUT2D eigenvalue weighted by Crippen LogP contribution is 2.15. The molecule has 2 radical (unpaired) electrons. The van der Waals surface area contributed by atoms with Crippen molar-refractivity contribution in [3.8, 4) is 5.75 Å². The molecule has 50 valence electrons. The van der Waals surface area contributed by atoms with Gasteiger partial charge in [0, 0.05) is 0 Å². The number of aryl methyl sites for hydroxylation is 1. The summed E-state index contributed by atoms with van der Waals surface area (Å²) >= 11 is 0. The van der Waals surface area contributed by atoms with Crippen LogP contribution in [-0.2, 0) is 0 Å². The molecule has 0 aliphatic heterocycles. The fourth-order valence-corrected chi connectivity index (χ4v) is 0.778. The largest absolute Gasteiger partial charge is 0.505 e. The van der Waals surface area contributed by atoms with Crippen LogP contribution in [0.25, 0.3) is 0 Å².